The van der Waals surface area contributed by atoms with Gasteiger partial charge in [0, 0.05) is 0 Å². The van der Waals surface area contributed by atoms with Gasteiger partial charge in [-0.25, -0.2) is 0 Å². The number of carbonyl (C=O) groups is 1. The topological polar surface area (TPSA) is 47.6 Å². The molecule has 0 aliphatic carbocycles. The molecule has 0 aromatic heterocycles. The van der Waals surface area contributed by atoms with Crippen molar-refractivity contribution in [1.82, 2.24) is 5.32 Å². The van der Waals surface area contributed by atoms with Crippen LogP contribution in [0.1, 0.15) is 5.56 Å². The van der Waals surface area contributed by atoms with E-state index in [0.717, 1.165) is 5.56 Å². The average molecular weight is 260 g/mol. The smallest absolute Gasteiger partial charge is 0.325 e. The van der Waals surface area contributed by atoms with Gasteiger partial charge in [0.05, 0.1) is 20.3 Å². The van der Waals surface area contributed by atoms with Gasteiger partial charge in [-0.1, -0.05) is 30.3 Å². The third-order valence-electron chi connectivity index (χ3n) is 2.23. The van der Waals surface area contributed by atoms with Gasteiger partial charge in [-0.05, 0) is 12.6 Å². The van der Waals surface area contributed by atoms with E-state index in [2.05, 4.69) is 10.1 Å². The van der Waals surface area contributed by atoms with Crippen LogP contribution in [0.3, 0.4) is 0 Å². The molecule has 1 rings (SSSR count). The molecule has 0 heterocycles. The number of nitrogens with one attached hydrogen (secondary N) is 1. The fourth-order valence-electron chi connectivity index (χ4n) is 1.28. The Morgan fingerprint density at radius 3 is 2.53 bits per heavy atom. The molecule has 1 atom stereocenters. The van der Waals surface area contributed by atoms with Crippen molar-refractivity contribution in [1.29, 1.82) is 0 Å². The van der Waals surface area contributed by atoms with E-state index in [-0.39, 0.29) is 18.4 Å². The van der Waals surface area contributed by atoms with E-state index >= 15 is 0 Å². The van der Waals surface area contributed by atoms with E-state index in [1.165, 1.54) is 7.11 Å². The second kappa shape index (κ2) is 8.98. The molecule has 0 aliphatic heterocycles. The Bertz CT molecular complexity index is 319. The molecule has 0 aliphatic rings. The van der Waals surface area contributed by atoms with E-state index in [1.54, 1.807) is 7.05 Å². The molecule has 1 unspecified atom stereocenters. The molecule has 0 saturated carbocycles. The Morgan fingerprint density at radius 1 is 1.35 bits per heavy atom. The van der Waals surface area contributed by atoms with Gasteiger partial charge in [0.15, 0.2) is 0 Å². The second-order valence-electron chi connectivity index (χ2n) is 3.37. The fourth-order valence-corrected chi connectivity index (χ4v) is 1.28. The lowest BCUT2D eigenvalue weighted by Crippen LogP contribution is -2.39. The summed E-state index contributed by atoms with van der Waals surface area (Å²) in [5.41, 5.74) is 1.09. The van der Waals surface area contributed by atoms with Crippen LogP contribution in [0.2, 0.25) is 0 Å². The van der Waals surface area contributed by atoms with Gasteiger partial charge in [0.25, 0.3) is 0 Å². The summed E-state index contributed by atoms with van der Waals surface area (Å²) < 4.78 is 10.1. The summed E-state index contributed by atoms with van der Waals surface area (Å²) in [6.45, 7) is 0.800. The summed E-state index contributed by atoms with van der Waals surface area (Å²) in [5.74, 6) is -0.310. The van der Waals surface area contributed by atoms with Crippen molar-refractivity contribution >= 4 is 18.4 Å². The summed E-state index contributed by atoms with van der Waals surface area (Å²) in [7, 11) is 3.07. The number of rotatable bonds is 6. The van der Waals surface area contributed by atoms with Crippen LogP contribution in [0.5, 0.6) is 0 Å². The van der Waals surface area contributed by atoms with Crippen LogP contribution in [0, 0.1) is 0 Å². The Hall–Kier alpha value is -1.10. The summed E-state index contributed by atoms with van der Waals surface area (Å²) in [5, 5.41) is 2.84. The highest BCUT2D eigenvalue weighted by atomic mass is 35.5. The highest BCUT2D eigenvalue weighted by Crippen LogP contribution is 2.01. The van der Waals surface area contributed by atoms with Crippen LogP contribution in [-0.4, -0.2) is 32.8 Å². The molecule has 5 heteroatoms. The van der Waals surface area contributed by atoms with Crippen molar-refractivity contribution < 1.29 is 14.3 Å². The van der Waals surface area contributed by atoms with Crippen LogP contribution < -0.4 is 5.32 Å². The normalized spacial score (nSPS) is 11.4. The van der Waals surface area contributed by atoms with E-state index in [9.17, 15) is 4.79 Å². The molecular formula is C12H18ClNO3. The molecule has 17 heavy (non-hydrogen) atoms. The van der Waals surface area contributed by atoms with Gasteiger partial charge in [0.1, 0.15) is 6.04 Å². The van der Waals surface area contributed by atoms with Crippen LogP contribution >= 0.6 is 12.4 Å². The van der Waals surface area contributed by atoms with E-state index < -0.39 is 6.04 Å². The lowest BCUT2D eigenvalue weighted by atomic mass is 10.2. The quantitative estimate of drug-likeness (QED) is 0.785. The Morgan fingerprint density at radius 2 is 2.00 bits per heavy atom. The van der Waals surface area contributed by atoms with Crippen LogP contribution in [0.4, 0.5) is 0 Å². The predicted molar refractivity (Wildman–Crippen MR) is 68.2 cm³/mol. The molecule has 0 amide bonds. The zero-order valence-electron chi connectivity index (χ0n) is 10.0. The van der Waals surface area contributed by atoms with Gasteiger partial charge in [0.2, 0.25) is 0 Å². The maximum atomic E-state index is 11.2. The number of benzene rings is 1. The Kier molecular flexibility index (Phi) is 8.40. The van der Waals surface area contributed by atoms with Crippen molar-refractivity contribution in [3.05, 3.63) is 35.9 Å². The monoisotopic (exact) mass is 259 g/mol. The number of methoxy groups -OCH3 is 1. The summed E-state index contributed by atoms with van der Waals surface area (Å²) >= 11 is 0. The Balaban J connectivity index is 0.00000256. The van der Waals surface area contributed by atoms with Crippen molar-refractivity contribution in [2.24, 2.45) is 0 Å². The molecule has 0 fully saturated rings. The van der Waals surface area contributed by atoms with Crippen molar-refractivity contribution in [3.8, 4) is 0 Å². The highest BCUT2D eigenvalue weighted by Gasteiger charge is 2.16. The van der Waals surface area contributed by atoms with Gasteiger partial charge in [-0.2, -0.15) is 0 Å². The van der Waals surface area contributed by atoms with E-state index in [0.29, 0.717) is 13.2 Å². The second-order valence-corrected chi connectivity index (χ2v) is 3.37. The van der Waals surface area contributed by atoms with Crippen LogP contribution in [-0.2, 0) is 20.9 Å². The predicted octanol–water partition coefficient (Wildman–Crippen LogP) is 1.39. The molecular weight excluding hydrogens is 242 g/mol. The highest BCUT2D eigenvalue weighted by molar-refractivity contribution is 5.85. The third-order valence-corrected chi connectivity index (χ3v) is 2.23. The molecule has 1 aromatic carbocycles. The first-order valence-electron chi connectivity index (χ1n) is 5.14. The average Bonchev–Trinajstić information content (AvgIpc) is 2.35. The maximum absolute atomic E-state index is 11.2. The Labute approximate surface area is 108 Å². The first kappa shape index (κ1) is 15.9. The minimum atomic E-state index is -0.409. The number of ether oxygens (including phenoxy) is 2. The molecule has 1 N–H and O–H groups in total. The number of hydrogen-bond acceptors (Lipinski definition) is 4. The third kappa shape index (κ3) is 5.68. The molecule has 96 valence electrons. The zero-order chi connectivity index (χ0) is 11.8. The molecule has 0 bridgehead atoms. The van der Waals surface area contributed by atoms with Crippen LogP contribution in [0.25, 0.3) is 0 Å². The minimum absolute atomic E-state index is 0. The van der Waals surface area contributed by atoms with Crippen LogP contribution in [0.15, 0.2) is 30.3 Å². The maximum Gasteiger partial charge on any atom is 0.325 e. The minimum Gasteiger partial charge on any atom is -0.468 e. The van der Waals surface area contributed by atoms with Gasteiger partial charge in [-0.3, -0.25) is 4.79 Å². The lowest BCUT2D eigenvalue weighted by molar-refractivity contribution is -0.144. The van der Waals surface area contributed by atoms with E-state index in [1.807, 2.05) is 30.3 Å². The number of halogens is 1. The van der Waals surface area contributed by atoms with Crippen molar-refractivity contribution in [3.63, 3.8) is 0 Å². The summed E-state index contributed by atoms with van der Waals surface area (Å²) in [6, 6.07) is 9.41. The standard InChI is InChI=1S/C12H17NO3.ClH/c1-13-11(12(14)15-2)9-16-8-10-6-4-3-5-7-10;/h3-7,11,13H,8-9H2,1-2H3;1H. The first-order chi connectivity index (χ1) is 7.77. The summed E-state index contributed by atoms with van der Waals surface area (Å²) in [4.78, 5) is 11.2. The number of likely N-dealkylation sites (N-methyl/N-ethyl adjacent to an activating group) is 1. The molecule has 0 spiro atoms. The largest absolute Gasteiger partial charge is 0.468 e. The molecule has 0 radical (unpaired) electrons. The van der Waals surface area contributed by atoms with Crippen molar-refractivity contribution in [2.75, 3.05) is 20.8 Å². The zero-order valence-corrected chi connectivity index (χ0v) is 10.8. The molecule has 4 nitrogen and oxygen atoms in total. The van der Waals surface area contributed by atoms with Gasteiger partial charge < -0.3 is 14.8 Å². The van der Waals surface area contributed by atoms with Gasteiger partial charge in [-0.15, -0.1) is 12.4 Å². The van der Waals surface area contributed by atoms with Gasteiger partial charge >= 0.3 is 5.97 Å². The summed E-state index contributed by atoms with van der Waals surface area (Å²) in [6.07, 6.45) is 0. The number of carbonyl (C=O) groups excluding carboxylic acids is 1. The first-order valence-corrected chi connectivity index (χ1v) is 5.14. The van der Waals surface area contributed by atoms with Crippen molar-refractivity contribution in [2.45, 2.75) is 12.6 Å². The molecule has 1 aromatic rings. The lowest BCUT2D eigenvalue weighted by Gasteiger charge is -2.13. The van der Waals surface area contributed by atoms with E-state index in [4.69, 9.17) is 4.74 Å². The number of hydrogen-bond donors (Lipinski definition) is 1. The molecule has 0 saturated heterocycles. The SMILES string of the molecule is CNC(COCc1ccccc1)C(=O)OC.Cl. The fraction of sp³-hybridized carbons (Fsp3) is 0.417. The number of esters is 1.